The zero-order valence-corrected chi connectivity index (χ0v) is 12.9. The molecule has 23 heavy (non-hydrogen) atoms. The summed E-state index contributed by atoms with van der Waals surface area (Å²) in [5.41, 5.74) is 4.05. The number of halogens is 2. The molecule has 7 heteroatoms. The third kappa shape index (κ3) is 4.38. The Balaban J connectivity index is 2.04. The Morgan fingerprint density at radius 1 is 1.26 bits per heavy atom. The van der Waals surface area contributed by atoms with Crippen LogP contribution in [0.15, 0.2) is 39.9 Å². The van der Waals surface area contributed by atoms with Gasteiger partial charge < -0.3 is 9.15 Å². The molecule has 2 aromatic rings. The average molecular weight is 322 g/mol. The van der Waals surface area contributed by atoms with Crippen molar-refractivity contribution in [2.75, 3.05) is 0 Å². The molecule has 0 bridgehead atoms. The van der Waals surface area contributed by atoms with Crippen molar-refractivity contribution in [3.63, 3.8) is 0 Å². The average Bonchev–Trinajstić information content (AvgIpc) is 2.83. The van der Waals surface area contributed by atoms with Gasteiger partial charge in [0.1, 0.15) is 17.3 Å². The van der Waals surface area contributed by atoms with Gasteiger partial charge >= 0.3 is 6.61 Å². The standard InChI is InChI=1S/C16H16F2N2O3/c1-9-8-14(11(3)22-9)15(21)20-19-10(2)12-4-6-13(7-5-12)23-16(17)18/h4-8,16H,1-3H3,(H,20,21)/b19-10-. The summed E-state index contributed by atoms with van der Waals surface area (Å²) < 4.78 is 33.7. The molecule has 1 aromatic carbocycles. The molecule has 2 rings (SSSR count). The lowest BCUT2D eigenvalue weighted by Gasteiger charge is -2.06. The number of rotatable bonds is 5. The van der Waals surface area contributed by atoms with Crippen LogP contribution in [0.25, 0.3) is 0 Å². The van der Waals surface area contributed by atoms with E-state index in [1.165, 1.54) is 12.1 Å². The van der Waals surface area contributed by atoms with E-state index in [9.17, 15) is 13.6 Å². The number of hydrogen-bond acceptors (Lipinski definition) is 4. The summed E-state index contributed by atoms with van der Waals surface area (Å²) in [4.78, 5) is 12.0. The summed E-state index contributed by atoms with van der Waals surface area (Å²) in [6, 6.07) is 7.61. The van der Waals surface area contributed by atoms with E-state index in [1.54, 1.807) is 39.0 Å². The van der Waals surface area contributed by atoms with E-state index in [2.05, 4.69) is 15.3 Å². The Hall–Kier alpha value is -2.70. The lowest BCUT2D eigenvalue weighted by atomic mass is 10.1. The van der Waals surface area contributed by atoms with E-state index >= 15 is 0 Å². The number of aryl methyl sites for hydroxylation is 2. The normalized spacial score (nSPS) is 11.7. The van der Waals surface area contributed by atoms with Gasteiger partial charge in [0.25, 0.3) is 5.91 Å². The smallest absolute Gasteiger partial charge is 0.387 e. The number of hydrogen-bond donors (Lipinski definition) is 1. The Morgan fingerprint density at radius 2 is 1.91 bits per heavy atom. The third-order valence-corrected chi connectivity index (χ3v) is 3.11. The third-order valence-electron chi connectivity index (χ3n) is 3.11. The lowest BCUT2D eigenvalue weighted by Crippen LogP contribution is -2.19. The number of carbonyl (C=O) groups excluding carboxylic acids is 1. The second-order valence-electron chi connectivity index (χ2n) is 4.87. The van der Waals surface area contributed by atoms with Crippen molar-refractivity contribution in [1.29, 1.82) is 0 Å². The molecule has 0 aliphatic heterocycles. The topological polar surface area (TPSA) is 63.8 Å². The van der Waals surface area contributed by atoms with Crippen LogP contribution in [-0.2, 0) is 0 Å². The highest BCUT2D eigenvalue weighted by Gasteiger charge is 2.13. The summed E-state index contributed by atoms with van der Waals surface area (Å²) in [6.45, 7) is 2.27. The molecule has 1 amide bonds. The molecule has 0 saturated heterocycles. The fraction of sp³-hybridized carbons (Fsp3) is 0.250. The predicted molar refractivity (Wildman–Crippen MR) is 80.9 cm³/mol. The molecule has 0 aliphatic carbocycles. The Kier molecular flexibility index (Phi) is 5.10. The predicted octanol–water partition coefficient (Wildman–Crippen LogP) is 3.65. The van der Waals surface area contributed by atoms with Crippen molar-refractivity contribution in [3.8, 4) is 5.75 Å². The minimum Gasteiger partial charge on any atom is -0.466 e. The van der Waals surface area contributed by atoms with Crippen molar-refractivity contribution >= 4 is 11.6 Å². The fourth-order valence-electron chi connectivity index (χ4n) is 1.99. The van der Waals surface area contributed by atoms with Gasteiger partial charge in [-0.05, 0) is 56.7 Å². The van der Waals surface area contributed by atoms with Gasteiger partial charge in [-0.2, -0.15) is 13.9 Å². The van der Waals surface area contributed by atoms with Crippen LogP contribution >= 0.6 is 0 Å². The van der Waals surface area contributed by atoms with Crippen LogP contribution < -0.4 is 10.2 Å². The number of nitrogens with one attached hydrogen (secondary N) is 1. The van der Waals surface area contributed by atoms with E-state index in [4.69, 9.17) is 4.42 Å². The maximum Gasteiger partial charge on any atom is 0.387 e. The van der Waals surface area contributed by atoms with Gasteiger partial charge in [0.2, 0.25) is 0 Å². The minimum absolute atomic E-state index is 0.0603. The SMILES string of the molecule is C/C(=N/NC(=O)c1cc(C)oc1C)c1ccc(OC(F)F)cc1. The quantitative estimate of drug-likeness (QED) is 0.675. The maximum atomic E-state index is 12.1. The number of ether oxygens (including phenoxy) is 1. The Morgan fingerprint density at radius 3 is 2.43 bits per heavy atom. The number of alkyl halides is 2. The second-order valence-corrected chi connectivity index (χ2v) is 4.87. The van der Waals surface area contributed by atoms with Gasteiger partial charge in [0, 0.05) is 0 Å². The van der Waals surface area contributed by atoms with Crippen molar-refractivity contribution < 1.29 is 22.7 Å². The largest absolute Gasteiger partial charge is 0.466 e. The summed E-state index contributed by atoms with van der Waals surface area (Å²) in [7, 11) is 0. The van der Waals surface area contributed by atoms with Gasteiger partial charge in [0.05, 0.1) is 11.3 Å². The molecule has 0 saturated carbocycles. The van der Waals surface area contributed by atoms with Crippen LogP contribution in [0.4, 0.5) is 8.78 Å². The number of nitrogens with zero attached hydrogens (tertiary/aromatic N) is 1. The van der Waals surface area contributed by atoms with Crippen LogP contribution in [-0.4, -0.2) is 18.2 Å². The Labute approximate surface area is 131 Å². The summed E-state index contributed by atoms with van der Waals surface area (Å²) in [5, 5.41) is 4.00. The minimum atomic E-state index is -2.86. The number of furan rings is 1. The molecule has 0 radical (unpaired) electrons. The van der Waals surface area contributed by atoms with Crippen molar-refractivity contribution in [2.24, 2.45) is 5.10 Å². The van der Waals surface area contributed by atoms with Crippen LogP contribution in [0.5, 0.6) is 5.75 Å². The molecule has 0 aliphatic rings. The van der Waals surface area contributed by atoms with Crippen molar-refractivity contribution in [2.45, 2.75) is 27.4 Å². The first kappa shape index (κ1) is 16.7. The fourth-order valence-corrected chi connectivity index (χ4v) is 1.99. The van der Waals surface area contributed by atoms with Crippen molar-refractivity contribution in [3.05, 3.63) is 53.0 Å². The molecular formula is C16H16F2N2O3. The number of hydrazone groups is 1. The van der Waals surface area contributed by atoms with Crippen LogP contribution in [0.3, 0.4) is 0 Å². The maximum absolute atomic E-state index is 12.1. The van der Waals surface area contributed by atoms with E-state index in [0.717, 1.165) is 0 Å². The first-order chi connectivity index (χ1) is 10.9. The summed E-state index contributed by atoms with van der Waals surface area (Å²) >= 11 is 0. The zero-order valence-electron chi connectivity index (χ0n) is 12.9. The van der Waals surface area contributed by atoms with Gasteiger partial charge in [-0.3, -0.25) is 4.79 Å². The Bertz CT molecular complexity index is 721. The van der Waals surface area contributed by atoms with Crippen LogP contribution in [0.2, 0.25) is 0 Å². The van der Waals surface area contributed by atoms with Gasteiger partial charge in [-0.25, -0.2) is 5.43 Å². The molecule has 1 aromatic heterocycles. The van der Waals surface area contributed by atoms with Gasteiger partial charge in [0.15, 0.2) is 0 Å². The molecule has 1 heterocycles. The second kappa shape index (κ2) is 7.04. The molecular weight excluding hydrogens is 306 g/mol. The molecule has 0 atom stereocenters. The molecule has 0 spiro atoms. The molecule has 5 nitrogen and oxygen atoms in total. The lowest BCUT2D eigenvalue weighted by molar-refractivity contribution is -0.0498. The van der Waals surface area contributed by atoms with Crippen LogP contribution in [0.1, 0.15) is 34.4 Å². The monoisotopic (exact) mass is 322 g/mol. The molecule has 1 N–H and O–H groups in total. The number of benzene rings is 1. The molecule has 0 unspecified atom stereocenters. The first-order valence-electron chi connectivity index (χ1n) is 6.83. The highest BCUT2D eigenvalue weighted by atomic mass is 19.3. The zero-order chi connectivity index (χ0) is 17.0. The van der Waals surface area contributed by atoms with Gasteiger partial charge in [-0.15, -0.1) is 0 Å². The van der Waals surface area contributed by atoms with E-state index < -0.39 is 6.61 Å². The number of carbonyl (C=O) groups is 1. The van der Waals surface area contributed by atoms with Crippen molar-refractivity contribution in [1.82, 2.24) is 5.43 Å². The first-order valence-corrected chi connectivity index (χ1v) is 6.83. The van der Waals surface area contributed by atoms with Crippen LogP contribution in [0, 0.1) is 13.8 Å². The molecule has 122 valence electrons. The highest BCUT2D eigenvalue weighted by molar-refractivity contribution is 6.01. The summed E-state index contributed by atoms with van der Waals surface area (Å²) in [6.07, 6.45) is 0. The number of amides is 1. The molecule has 0 fully saturated rings. The van der Waals surface area contributed by atoms with E-state index in [0.29, 0.717) is 28.4 Å². The van der Waals surface area contributed by atoms with Gasteiger partial charge in [-0.1, -0.05) is 0 Å². The van der Waals surface area contributed by atoms with E-state index in [1.807, 2.05) is 0 Å². The highest BCUT2D eigenvalue weighted by Crippen LogP contribution is 2.16. The summed E-state index contributed by atoms with van der Waals surface area (Å²) in [5.74, 6) is 0.839. The van der Waals surface area contributed by atoms with E-state index in [-0.39, 0.29) is 11.7 Å².